The van der Waals surface area contributed by atoms with Crippen molar-refractivity contribution in [2.45, 2.75) is 23.5 Å². The first-order chi connectivity index (χ1) is 13.7. The summed E-state index contributed by atoms with van der Waals surface area (Å²) in [7, 11) is 0. The Morgan fingerprint density at radius 1 is 1.07 bits per heavy atom. The summed E-state index contributed by atoms with van der Waals surface area (Å²) < 4.78 is 37.8. The molecule has 0 radical (unpaired) electrons. The van der Waals surface area contributed by atoms with Crippen LogP contribution in [0.15, 0.2) is 64.5 Å². The first-order valence-corrected chi connectivity index (χ1v) is 9.29. The Bertz CT molecular complexity index is 1050. The quantitative estimate of drug-likeness (QED) is 0.610. The number of alkyl halides is 3. The number of carbonyl (C=O) groups excluding carboxylic acids is 1. The number of nitrogens with one attached hydrogen (secondary N) is 2. The highest BCUT2D eigenvalue weighted by Gasteiger charge is 2.30. The molecule has 2 aromatic carbocycles. The van der Waals surface area contributed by atoms with Gasteiger partial charge in [-0.25, -0.2) is 0 Å². The van der Waals surface area contributed by atoms with Crippen LogP contribution in [-0.4, -0.2) is 26.3 Å². The van der Waals surface area contributed by atoms with Crippen LogP contribution in [0.3, 0.4) is 0 Å². The third-order valence-electron chi connectivity index (χ3n) is 3.86. The van der Waals surface area contributed by atoms with E-state index >= 15 is 0 Å². The van der Waals surface area contributed by atoms with E-state index in [1.807, 2.05) is 6.07 Å². The van der Waals surface area contributed by atoms with Gasteiger partial charge in [-0.15, -0.1) is 10.2 Å². The Morgan fingerprint density at radius 3 is 2.31 bits per heavy atom. The minimum Gasteiger partial charge on any atom is -0.325 e. The van der Waals surface area contributed by atoms with Gasteiger partial charge in [-0.3, -0.25) is 14.6 Å². The summed E-state index contributed by atoms with van der Waals surface area (Å²) in [5.74, 6) is -0.454. The van der Waals surface area contributed by atoms with E-state index in [-0.39, 0.29) is 16.5 Å². The smallest absolute Gasteiger partial charge is 0.325 e. The molecule has 6 nitrogen and oxygen atoms in total. The summed E-state index contributed by atoms with van der Waals surface area (Å²) in [6.45, 7) is 1.58. The Kier molecular flexibility index (Phi) is 6.02. The standard InChI is InChI=1S/C19H15F3N4O2S/c1-11(16(27)23-14-9-7-13(8-10-14)19(20,21)22)29-18-24-17(28)15(25-26-18)12-5-3-2-4-6-12/h2-11H,1H3,(H,23,27)(H,24,26,28). The van der Waals surface area contributed by atoms with Gasteiger partial charge in [-0.05, 0) is 31.2 Å². The Hall–Kier alpha value is -3.14. The molecule has 1 unspecified atom stereocenters. The molecule has 150 valence electrons. The van der Waals surface area contributed by atoms with E-state index in [1.54, 1.807) is 31.2 Å². The maximum Gasteiger partial charge on any atom is 0.416 e. The molecule has 1 heterocycles. The zero-order chi connectivity index (χ0) is 21.0. The molecule has 1 amide bonds. The molecule has 3 rings (SSSR count). The first-order valence-electron chi connectivity index (χ1n) is 8.41. The number of rotatable bonds is 5. The number of H-pyrrole nitrogens is 1. The van der Waals surface area contributed by atoms with Crippen LogP contribution in [-0.2, 0) is 11.0 Å². The van der Waals surface area contributed by atoms with Crippen LogP contribution >= 0.6 is 11.8 Å². The van der Waals surface area contributed by atoms with Crippen LogP contribution in [0.25, 0.3) is 11.3 Å². The predicted octanol–water partition coefficient (Wildman–Crippen LogP) is 3.97. The molecule has 0 aliphatic heterocycles. The number of carbonyl (C=O) groups is 1. The van der Waals surface area contributed by atoms with Crippen LogP contribution in [0.5, 0.6) is 0 Å². The van der Waals surface area contributed by atoms with E-state index < -0.39 is 28.5 Å². The second-order valence-corrected chi connectivity index (χ2v) is 7.33. The average Bonchev–Trinajstić information content (AvgIpc) is 2.68. The molecular weight excluding hydrogens is 405 g/mol. The van der Waals surface area contributed by atoms with Gasteiger partial charge in [-0.1, -0.05) is 42.1 Å². The highest BCUT2D eigenvalue weighted by molar-refractivity contribution is 8.00. The number of nitrogens with zero attached hydrogens (tertiary/aromatic N) is 2. The topological polar surface area (TPSA) is 87.7 Å². The number of hydrogen-bond donors (Lipinski definition) is 2. The van der Waals surface area contributed by atoms with Gasteiger partial charge in [0.15, 0.2) is 10.9 Å². The molecule has 1 atom stereocenters. The lowest BCUT2D eigenvalue weighted by atomic mass is 10.2. The minimum absolute atomic E-state index is 0.157. The van der Waals surface area contributed by atoms with E-state index in [4.69, 9.17) is 0 Å². The second-order valence-electron chi connectivity index (χ2n) is 6.00. The number of thioether (sulfide) groups is 1. The number of aromatic amines is 1. The zero-order valence-electron chi connectivity index (χ0n) is 15.0. The maximum atomic E-state index is 12.6. The molecule has 0 fully saturated rings. The lowest BCUT2D eigenvalue weighted by Gasteiger charge is -2.12. The number of amides is 1. The summed E-state index contributed by atoms with van der Waals surface area (Å²) in [4.78, 5) is 27.1. The van der Waals surface area contributed by atoms with Crippen LogP contribution < -0.4 is 10.9 Å². The monoisotopic (exact) mass is 420 g/mol. The molecule has 3 aromatic rings. The molecular formula is C19H15F3N4O2S. The Balaban J connectivity index is 1.65. The van der Waals surface area contributed by atoms with Gasteiger partial charge in [0.2, 0.25) is 5.91 Å². The maximum absolute atomic E-state index is 12.6. The van der Waals surface area contributed by atoms with Crippen molar-refractivity contribution < 1.29 is 18.0 Å². The fourth-order valence-corrected chi connectivity index (χ4v) is 3.11. The van der Waals surface area contributed by atoms with Crippen LogP contribution in [0, 0.1) is 0 Å². The third-order valence-corrected chi connectivity index (χ3v) is 4.84. The highest BCUT2D eigenvalue weighted by Crippen LogP contribution is 2.30. The van der Waals surface area contributed by atoms with E-state index in [0.717, 1.165) is 23.9 Å². The summed E-state index contributed by atoms with van der Waals surface area (Å²) in [6.07, 6.45) is -4.44. The van der Waals surface area contributed by atoms with Gasteiger partial charge in [0, 0.05) is 11.3 Å². The lowest BCUT2D eigenvalue weighted by Crippen LogP contribution is -2.23. The Labute approximate surface area is 167 Å². The number of aromatic nitrogens is 3. The molecule has 2 N–H and O–H groups in total. The fourth-order valence-electron chi connectivity index (χ4n) is 2.37. The van der Waals surface area contributed by atoms with Crippen molar-refractivity contribution in [3.05, 3.63) is 70.5 Å². The predicted molar refractivity (Wildman–Crippen MR) is 103 cm³/mol. The number of benzene rings is 2. The van der Waals surface area contributed by atoms with Crippen molar-refractivity contribution in [1.82, 2.24) is 15.2 Å². The SMILES string of the molecule is CC(Sc1nnc(-c2ccccc2)c(=O)[nH]1)C(=O)Nc1ccc(C(F)(F)F)cc1. The fraction of sp³-hybridized carbons (Fsp3) is 0.158. The zero-order valence-corrected chi connectivity index (χ0v) is 15.8. The van der Waals surface area contributed by atoms with Crippen molar-refractivity contribution in [3.8, 4) is 11.3 Å². The molecule has 29 heavy (non-hydrogen) atoms. The van der Waals surface area contributed by atoms with Crippen molar-refractivity contribution in [2.24, 2.45) is 0 Å². The van der Waals surface area contributed by atoms with Gasteiger partial charge in [0.25, 0.3) is 5.56 Å². The normalized spacial score (nSPS) is 12.4. The van der Waals surface area contributed by atoms with Crippen molar-refractivity contribution in [1.29, 1.82) is 0 Å². The van der Waals surface area contributed by atoms with E-state index in [1.165, 1.54) is 12.1 Å². The molecule has 0 bridgehead atoms. The average molecular weight is 420 g/mol. The number of halogens is 3. The van der Waals surface area contributed by atoms with Crippen LogP contribution in [0.1, 0.15) is 12.5 Å². The van der Waals surface area contributed by atoms with Crippen molar-refractivity contribution in [2.75, 3.05) is 5.32 Å². The molecule has 0 aliphatic rings. The van der Waals surface area contributed by atoms with Gasteiger partial charge in [0.1, 0.15) is 0 Å². The van der Waals surface area contributed by atoms with Crippen molar-refractivity contribution in [3.63, 3.8) is 0 Å². The van der Waals surface area contributed by atoms with Gasteiger partial charge in [-0.2, -0.15) is 13.2 Å². The van der Waals surface area contributed by atoms with E-state index in [2.05, 4.69) is 20.5 Å². The highest BCUT2D eigenvalue weighted by atomic mass is 32.2. The molecule has 0 saturated heterocycles. The number of anilines is 1. The molecule has 1 aromatic heterocycles. The van der Waals surface area contributed by atoms with Gasteiger partial charge < -0.3 is 5.32 Å². The number of hydrogen-bond acceptors (Lipinski definition) is 5. The van der Waals surface area contributed by atoms with Crippen LogP contribution in [0.4, 0.5) is 18.9 Å². The minimum atomic E-state index is -4.44. The molecule has 0 spiro atoms. The van der Waals surface area contributed by atoms with Crippen molar-refractivity contribution >= 4 is 23.4 Å². The van der Waals surface area contributed by atoms with E-state index in [9.17, 15) is 22.8 Å². The first kappa shape index (κ1) is 20.6. The third kappa shape index (κ3) is 5.23. The lowest BCUT2D eigenvalue weighted by molar-refractivity contribution is -0.137. The summed E-state index contributed by atoms with van der Waals surface area (Å²) in [5, 5.41) is 9.87. The van der Waals surface area contributed by atoms with Gasteiger partial charge in [0.05, 0.1) is 10.8 Å². The summed E-state index contributed by atoms with van der Waals surface area (Å²) in [5.41, 5.74) is -0.231. The summed E-state index contributed by atoms with van der Waals surface area (Å²) in [6, 6.07) is 12.9. The summed E-state index contributed by atoms with van der Waals surface area (Å²) >= 11 is 0.975. The molecule has 0 saturated carbocycles. The second kappa shape index (κ2) is 8.48. The van der Waals surface area contributed by atoms with E-state index in [0.29, 0.717) is 5.56 Å². The van der Waals surface area contributed by atoms with Crippen LogP contribution in [0.2, 0.25) is 0 Å². The molecule has 10 heteroatoms. The molecule has 0 aliphatic carbocycles. The largest absolute Gasteiger partial charge is 0.416 e. The van der Waals surface area contributed by atoms with Gasteiger partial charge >= 0.3 is 6.18 Å². The Morgan fingerprint density at radius 2 is 1.72 bits per heavy atom.